The van der Waals surface area contributed by atoms with Gasteiger partial charge in [0.15, 0.2) is 0 Å². The SMILES string of the molecule is N#Cc1ccc(N)c(N2CCOC(CO)C2)c1. The molecule has 17 heavy (non-hydrogen) atoms. The summed E-state index contributed by atoms with van der Waals surface area (Å²) < 4.78 is 5.38. The number of anilines is 2. The fourth-order valence-corrected chi connectivity index (χ4v) is 1.94. The lowest BCUT2D eigenvalue weighted by Crippen LogP contribution is -2.44. The topological polar surface area (TPSA) is 82.5 Å². The molecule has 90 valence electrons. The summed E-state index contributed by atoms with van der Waals surface area (Å²) in [4.78, 5) is 2.04. The van der Waals surface area contributed by atoms with Gasteiger partial charge in [-0.2, -0.15) is 5.26 Å². The molecular weight excluding hydrogens is 218 g/mol. The number of aliphatic hydroxyl groups is 1. The van der Waals surface area contributed by atoms with E-state index >= 15 is 0 Å². The Morgan fingerprint density at radius 1 is 1.59 bits per heavy atom. The van der Waals surface area contributed by atoms with E-state index in [0.29, 0.717) is 24.4 Å². The maximum atomic E-state index is 9.09. The fraction of sp³-hybridized carbons (Fsp3) is 0.417. The lowest BCUT2D eigenvalue weighted by Gasteiger charge is -2.34. The third kappa shape index (κ3) is 2.49. The van der Waals surface area contributed by atoms with Crippen molar-refractivity contribution in [1.82, 2.24) is 0 Å². The van der Waals surface area contributed by atoms with E-state index in [0.717, 1.165) is 12.2 Å². The number of hydrogen-bond donors (Lipinski definition) is 2. The van der Waals surface area contributed by atoms with E-state index in [1.54, 1.807) is 18.2 Å². The van der Waals surface area contributed by atoms with Crippen LogP contribution in [0.2, 0.25) is 0 Å². The largest absolute Gasteiger partial charge is 0.397 e. The van der Waals surface area contributed by atoms with Crippen molar-refractivity contribution in [2.75, 3.05) is 36.9 Å². The van der Waals surface area contributed by atoms with Gasteiger partial charge in [-0.1, -0.05) is 0 Å². The molecule has 0 radical (unpaired) electrons. The van der Waals surface area contributed by atoms with Gasteiger partial charge in [0.2, 0.25) is 0 Å². The molecule has 2 rings (SSSR count). The highest BCUT2D eigenvalue weighted by Gasteiger charge is 2.21. The predicted octanol–water partition coefficient (Wildman–Crippen LogP) is 0.338. The maximum Gasteiger partial charge on any atom is 0.0992 e. The maximum absolute atomic E-state index is 9.09. The summed E-state index contributed by atoms with van der Waals surface area (Å²) in [6.45, 7) is 1.86. The Morgan fingerprint density at radius 3 is 3.12 bits per heavy atom. The van der Waals surface area contributed by atoms with Crippen molar-refractivity contribution < 1.29 is 9.84 Å². The molecule has 0 spiro atoms. The summed E-state index contributed by atoms with van der Waals surface area (Å²) in [7, 11) is 0. The normalized spacial score (nSPS) is 20.0. The minimum Gasteiger partial charge on any atom is -0.397 e. The van der Waals surface area contributed by atoms with Crippen molar-refractivity contribution in [1.29, 1.82) is 5.26 Å². The lowest BCUT2D eigenvalue weighted by atomic mass is 10.1. The first-order valence-corrected chi connectivity index (χ1v) is 5.51. The number of nitriles is 1. The van der Waals surface area contributed by atoms with Gasteiger partial charge in [0.1, 0.15) is 0 Å². The van der Waals surface area contributed by atoms with Gasteiger partial charge >= 0.3 is 0 Å². The molecule has 0 saturated carbocycles. The predicted molar refractivity (Wildman–Crippen MR) is 64.6 cm³/mol. The highest BCUT2D eigenvalue weighted by atomic mass is 16.5. The van der Waals surface area contributed by atoms with Gasteiger partial charge in [-0.3, -0.25) is 0 Å². The minimum absolute atomic E-state index is 0.00561. The van der Waals surface area contributed by atoms with Crippen molar-refractivity contribution >= 4 is 11.4 Å². The number of morpholine rings is 1. The van der Waals surface area contributed by atoms with E-state index in [1.807, 2.05) is 4.90 Å². The molecule has 1 unspecified atom stereocenters. The molecule has 1 aromatic carbocycles. The Kier molecular flexibility index (Phi) is 3.47. The van der Waals surface area contributed by atoms with E-state index in [9.17, 15) is 0 Å². The van der Waals surface area contributed by atoms with Crippen molar-refractivity contribution in [3.8, 4) is 6.07 Å². The van der Waals surface area contributed by atoms with Crippen LogP contribution in [0.1, 0.15) is 5.56 Å². The molecule has 5 heteroatoms. The van der Waals surface area contributed by atoms with Gasteiger partial charge in [-0.25, -0.2) is 0 Å². The number of ether oxygens (including phenoxy) is 1. The Hall–Kier alpha value is -1.77. The van der Waals surface area contributed by atoms with Crippen LogP contribution in [-0.2, 0) is 4.74 Å². The zero-order chi connectivity index (χ0) is 12.3. The second-order valence-electron chi connectivity index (χ2n) is 4.01. The number of nitrogens with two attached hydrogens (primary N) is 1. The molecule has 0 aromatic heterocycles. The first-order valence-electron chi connectivity index (χ1n) is 5.51. The zero-order valence-corrected chi connectivity index (χ0v) is 9.47. The van der Waals surface area contributed by atoms with E-state index in [4.69, 9.17) is 20.8 Å². The molecule has 0 amide bonds. The summed E-state index contributed by atoms with van der Waals surface area (Å²) in [5, 5.41) is 18.0. The number of nitrogens with zero attached hydrogens (tertiary/aromatic N) is 2. The lowest BCUT2D eigenvalue weighted by molar-refractivity contribution is 0.00360. The van der Waals surface area contributed by atoms with Crippen LogP contribution in [0.5, 0.6) is 0 Å². The second-order valence-corrected chi connectivity index (χ2v) is 4.01. The van der Waals surface area contributed by atoms with Gasteiger partial charge < -0.3 is 20.5 Å². The number of nitrogen functional groups attached to an aromatic ring is 1. The van der Waals surface area contributed by atoms with E-state index in [1.165, 1.54) is 0 Å². The smallest absolute Gasteiger partial charge is 0.0992 e. The summed E-state index contributed by atoms with van der Waals surface area (Å²) in [5.41, 5.74) is 7.97. The summed E-state index contributed by atoms with van der Waals surface area (Å²) in [6.07, 6.45) is -0.186. The van der Waals surface area contributed by atoms with Gasteiger partial charge in [0.05, 0.1) is 42.3 Å². The van der Waals surface area contributed by atoms with Crippen LogP contribution in [0.25, 0.3) is 0 Å². The molecule has 5 nitrogen and oxygen atoms in total. The van der Waals surface area contributed by atoms with Crippen LogP contribution >= 0.6 is 0 Å². The number of aliphatic hydroxyl groups excluding tert-OH is 1. The van der Waals surface area contributed by atoms with Crippen molar-refractivity contribution in [3.63, 3.8) is 0 Å². The minimum atomic E-state index is -0.186. The number of rotatable bonds is 2. The highest BCUT2D eigenvalue weighted by molar-refractivity contribution is 5.69. The summed E-state index contributed by atoms with van der Waals surface area (Å²) in [5.74, 6) is 0. The zero-order valence-electron chi connectivity index (χ0n) is 9.47. The molecule has 1 aliphatic rings. The molecule has 0 aliphatic carbocycles. The molecule has 0 bridgehead atoms. The Morgan fingerprint density at radius 2 is 2.41 bits per heavy atom. The van der Waals surface area contributed by atoms with Crippen molar-refractivity contribution in [3.05, 3.63) is 23.8 Å². The number of hydrogen-bond acceptors (Lipinski definition) is 5. The number of benzene rings is 1. The molecule has 1 aromatic rings. The first-order chi connectivity index (χ1) is 8.24. The third-order valence-corrected chi connectivity index (χ3v) is 2.84. The molecular formula is C12H15N3O2. The standard InChI is InChI=1S/C12H15N3O2/c13-6-9-1-2-11(14)12(5-9)15-3-4-17-10(7-15)8-16/h1-2,5,10,16H,3-4,7-8,14H2. The van der Waals surface area contributed by atoms with E-state index in [2.05, 4.69) is 6.07 Å². The van der Waals surface area contributed by atoms with Crippen LogP contribution in [-0.4, -0.2) is 37.5 Å². The Bertz CT molecular complexity index is 442. The van der Waals surface area contributed by atoms with E-state index in [-0.39, 0.29) is 12.7 Å². The highest BCUT2D eigenvalue weighted by Crippen LogP contribution is 2.26. The van der Waals surface area contributed by atoms with E-state index < -0.39 is 0 Å². The second kappa shape index (κ2) is 5.04. The van der Waals surface area contributed by atoms with Crippen LogP contribution in [0.15, 0.2) is 18.2 Å². The van der Waals surface area contributed by atoms with Crippen LogP contribution in [0.3, 0.4) is 0 Å². The van der Waals surface area contributed by atoms with Crippen LogP contribution < -0.4 is 10.6 Å². The van der Waals surface area contributed by atoms with Crippen molar-refractivity contribution in [2.45, 2.75) is 6.10 Å². The molecule has 1 heterocycles. The summed E-state index contributed by atoms with van der Waals surface area (Å²) in [6, 6.07) is 7.30. The Balaban J connectivity index is 2.24. The first kappa shape index (κ1) is 11.7. The van der Waals surface area contributed by atoms with Gasteiger partial charge in [0.25, 0.3) is 0 Å². The van der Waals surface area contributed by atoms with Crippen LogP contribution in [0, 0.1) is 11.3 Å². The van der Waals surface area contributed by atoms with Gasteiger partial charge in [-0.15, -0.1) is 0 Å². The Labute approximate surface area is 100 Å². The molecule has 1 saturated heterocycles. The van der Waals surface area contributed by atoms with Gasteiger partial charge in [-0.05, 0) is 18.2 Å². The molecule has 1 aliphatic heterocycles. The molecule has 1 atom stereocenters. The third-order valence-electron chi connectivity index (χ3n) is 2.84. The average molecular weight is 233 g/mol. The molecule has 3 N–H and O–H groups in total. The fourth-order valence-electron chi connectivity index (χ4n) is 1.94. The average Bonchev–Trinajstić information content (AvgIpc) is 2.39. The summed E-state index contributed by atoms with van der Waals surface area (Å²) >= 11 is 0. The quantitative estimate of drug-likeness (QED) is 0.720. The van der Waals surface area contributed by atoms with Crippen LogP contribution in [0.4, 0.5) is 11.4 Å². The molecule has 1 fully saturated rings. The monoisotopic (exact) mass is 233 g/mol. The van der Waals surface area contributed by atoms with Crippen molar-refractivity contribution in [2.24, 2.45) is 0 Å². The van der Waals surface area contributed by atoms with Gasteiger partial charge in [0, 0.05) is 13.1 Å².